The maximum atomic E-state index is 9.09. The average Bonchev–Trinajstić information content (AvgIpc) is 2.80. The highest BCUT2D eigenvalue weighted by molar-refractivity contribution is 5.35. The maximum absolute atomic E-state index is 9.09. The minimum atomic E-state index is -0.281. The number of aryl methyl sites for hydroxylation is 2. The largest absolute Gasteiger partial charge is 0.378 e. The van der Waals surface area contributed by atoms with Gasteiger partial charge in [0.05, 0.1) is 19.3 Å². The number of hydrogen-bond acceptors (Lipinski definition) is 3. The maximum Gasteiger partial charge on any atom is 0.116 e. The molecule has 1 aliphatic heterocycles. The second kappa shape index (κ2) is 4.72. The van der Waals surface area contributed by atoms with Crippen molar-refractivity contribution in [2.45, 2.75) is 25.8 Å². The molecule has 1 saturated heterocycles. The van der Waals surface area contributed by atoms with E-state index in [2.05, 4.69) is 29.6 Å². The Kier molecular flexibility index (Phi) is 3.07. The molecule has 18 heavy (non-hydrogen) atoms. The lowest BCUT2D eigenvalue weighted by molar-refractivity contribution is -0.0755. The molecule has 0 unspecified atom stereocenters. The van der Waals surface area contributed by atoms with Crippen LogP contribution in [0.2, 0.25) is 0 Å². The molecule has 1 aromatic rings. The van der Waals surface area contributed by atoms with Crippen LogP contribution in [0.25, 0.3) is 0 Å². The first kappa shape index (κ1) is 11.7. The van der Waals surface area contributed by atoms with E-state index in [1.165, 1.54) is 36.0 Å². The van der Waals surface area contributed by atoms with E-state index in [4.69, 9.17) is 10.00 Å². The lowest BCUT2D eigenvalue weighted by Crippen LogP contribution is -2.48. The topological polar surface area (TPSA) is 45.0 Å². The molecule has 94 valence electrons. The van der Waals surface area contributed by atoms with Crippen LogP contribution in [0.3, 0.4) is 0 Å². The zero-order valence-electron chi connectivity index (χ0n) is 10.5. The summed E-state index contributed by atoms with van der Waals surface area (Å²) in [6, 6.07) is 9.12. The molecule has 0 saturated carbocycles. The predicted molar refractivity (Wildman–Crippen MR) is 69.0 cm³/mol. The van der Waals surface area contributed by atoms with E-state index < -0.39 is 0 Å². The highest BCUT2D eigenvalue weighted by atomic mass is 16.5. The first-order chi connectivity index (χ1) is 8.81. The smallest absolute Gasteiger partial charge is 0.116 e. The lowest BCUT2D eigenvalue weighted by atomic mass is 9.88. The summed E-state index contributed by atoms with van der Waals surface area (Å²) in [5, 5.41) is 12.5. The Bertz CT molecular complexity index is 486. The van der Waals surface area contributed by atoms with Crippen LogP contribution in [-0.2, 0) is 24.1 Å². The summed E-state index contributed by atoms with van der Waals surface area (Å²) < 4.78 is 5.13. The molecule has 3 rings (SSSR count). The molecule has 1 N–H and O–H groups in total. The average molecular weight is 242 g/mol. The molecule has 0 bridgehead atoms. The molecule has 2 aliphatic rings. The highest BCUT2D eigenvalue weighted by Crippen LogP contribution is 2.26. The summed E-state index contributed by atoms with van der Waals surface area (Å²) in [5.41, 5.74) is 4.07. The van der Waals surface area contributed by atoms with Gasteiger partial charge >= 0.3 is 0 Å². The second-order valence-corrected chi connectivity index (χ2v) is 5.45. The van der Waals surface area contributed by atoms with Gasteiger partial charge in [-0.3, -0.25) is 0 Å². The summed E-state index contributed by atoms with van der Waals surface area (Å²) in [7, 11) is 0. The SMILES string of the molecule is N#CC1(CNCc2ccc3c(c2)CCC3)COC1. The Morgan fingerprint density at radius 3 is 2.83 bits per heavy atom. The molecule has 0 radical (unpaired) electrons. The van der Waals surface area contributed by atoms with Gasteiger partial charge in [0.25, 0.3) is 0 Å². The third-order valence-electron chi connectivity index (χ3n) is 3.95. The fraction of sp³-hybridized carbons (Fsp3) is 0.533. The van der Waals surface area contributed by atoms with Crippen LogP contribution >= 0.6 is 0 Å². The van der Waals surface area contributed by atoms with Gasteiger partial charge in [-0.1, -0.05) is 18.2 Å². The number of nitrogens with zero attached hydrogens (tertiary/aromatic N) is 1. The molecule has 0 atom stereocenters. The number of fused-ring (bicyclic) bond motifs is 1. The van der Waals surface area contributed by atoms with Crippen molar-refractivity contribution in [3.8, 4) is 6.07 Å². The van der Waals surface area contributed by atoms with Crippen LogP contribution in [0.5, 0.6) is 0 Å². The zero-order valence-corrected chi connectivity index (χ0v) is 10.5. The predicted octanol–water partition coefficient (Wildman–Crippen LogP) is 1.81. The van der Waals surface area contributed by atoms with Crippen molar-refractivity contribution < 1.29 is 4.74 Å². The summed E-state index contributed by atoms with van der Waals surface area (Å²) in [6.07, 6.45) is 3.75. The van der Waals surface area contributed by atoms with Gasteiger partial charge < -0.3 is 10.1 Å². The van der Waals surface area contributed by atoms with Crippen LogP contribution < -0.4 is 5.32 Å². The Morgan fingerprint density at radius 2 is 2.11 bits per heavy atom. The van der Waals surface area contributed by atoms with Crippen LogP contribution in [0.1, 0.15) is 23.1 Å². The molecule has 1 aromatic carbocycles. The fourth-order valence-electron chi connectivity index (χ4n) is 2.74. The van der Waals surface area contributed by atoms with Gasteiger partial charge in [0.15, 0.2) is 0 Å². The van der Waals surface area contributed by atoms with Crippen molar-refractivity contribution in [2.24, 2.45) is 5.41 Å². The number of rotatable bonds is 4. The van der Waals surface area contributed by atoms with Crippen molar-refractivity contribution >= 4 is 0 Å². The van der Waals surface area contributed by atoms with Crippen molar-refractivity contribution in [3.63, 3.8) is 0 Å². The van der Waals surface area contributed by atoms with Crippen molar-refractivity contribution in [1.29, 1.82) is 5.26 Å². The van der Waals surface area contributed by atoms with Crippen LogP contribution in [0, 0.1) is 16.7 Å². The van der Waals surface area contributed by atoms with E-state index in [0.717, 1.165) is 13.1 Å². The molecule has 3 nitrogen and oxygen atoms in total. The van der Waals surface area contributed by atoms with Gasteiger partial charge in [-0.25, -0.2) is 0 Å². The molecule has 0 amide bonds. The Morgan fingerprint density at radius 1 is 1.28 bits per heavy atom. The third kappa shape index (κ3) is 2.14. The number of hydrogen-bond donors (Lipinski definition) is 1. The minimum Gasteiger partial charge on any atom is -0.378 e. The lowest BCUT2D eigenvalue weighted by Gasteiger charge is -2.35. The molecule has 1 heterocycles. The van der Waals surface area contributed by atoms with E-state index in [1.54, 1.807) is 0 Å². The number of ether oxygens (including phenoxy) is 1. The van der Waals surface area contributed by atoms with E-state index in [9.17, 15) is 0 Å². The quantitative estimate of drug-likeness (QED) is 0.875. The molecule has 1 aliphatic carbocycles. The first-order valence-corrected chi connectivity index (χ1v) is 6.62. The molecule has 3 heteroatoms. The molecular weight excluding hydrogens is 224 g/mol. The van der Waals surface area contributed by atoms with E-state index >= 15 is 0 Å². The highest BCUT2D eigenvalue weighted by Gasteiger charge is 2.38. The molecule has 1 fully saturated rings. The fourth-order valence-corrected chi connectivity index (χ4v) is 2.74. The molecule has 0 aromatic heterocycles. The van der Waals surface area contributed by atoms with Gasteiger partial charge in [0.2, 0.25) is 0 Å². The Balaban J connectivity index is 1.56. The summed E-state index contributed by atoms with van der Waals surface area (Å²) in [6.45, 7) is 2.71. The van der Waals surface area contributed by atoms with E-state index in [-0.39, 0.29) is 5.41 Å². The standard InChI is InChI=1S/C15H18N2O/c16-8-15(10-18-11-15)9-17-7-12-4-5-13-2-1-3-14(13)6-12/h4-6,17H,1-3,7,9-11H2. The van der Waals surface area contributed by atoms with E-state index in [1.807, 2.05) is 0 Å². The van der Waals surface area contributed by atoms with Gasteiger partial charge in [-0.05, 0) is 36.0 Å². The van der Waals surface area contributed by atoms with Crippen molar-refractivity contribution in [2.75, 3.05) is 19.8 Å². The minimum absolute atomic E-state index is 0.281. The monoisotopic (exact) mass is 242 g/mol. The molecule has 0 spiro atoms. The van der Waals surface area contributed by atoms with Crippen LogP contribution in [0.15, 0.2) is 18.2 Å². The normalized spacial score (nSPS) is 19.9. The van der Waals surface area contributed by atoms with Crippen molar-refractivity contribution in [1.82, 2.24) is 5.32 Å². The second-order valence-electron chi connectivity index (χ2n) is 5.45. The van der Waals surface area contributed by atoms with Gasteiger partial charge in [0, 0.05) is 13.1 Å². The van der Waals surface area contributed by atoms with Crippen LogP contribution in [0.4, 0.5) is 0 Å². The van der Waals surface area contributed by atoms with E-state index in [0.29, 0.717) is 13.2 Å². The Hall–Kier alpha value is -1.37. The Labute approximate surface area is 108 Å². The van der Waals surface area contributed by atoms with Gasteiger partial charge in [-0.2, -0.15) is 5.26 Å². The number of nitriles is 1. The van der Waals surface area contributed by atoms with Gasteiger partial charge in [-0.15, -0.1) is 0 Å². The van der Waals surface area contributed by atoms with Crippen LogP contribution in [-0.4, -0.2) is 19.8 Å². The van der Waals surface area contributed by atoms with Crippen molar-refractivity contribution in [3.05, 3.63) is 34.9 Å². The zero-order chi connectivity index (χ0) is 12.4. The first-order valence-electron chi connectivity index (χ1n) is 6.62. The summed E-state index contributed by atoms with van der Waals surface area (Å²) in [5.74, 6) is 0. The number of nitrogens with one attached hydrogen (secondary N) is 1. The van der Waals surface area contributed by atoms with Gasteiger partial charge in [0.1, 0.15) is 5.41 Å². The summed E-state index contributed by atoms with van der Waals surface area (Å²) >= 11 is 0. The number of benzene rings is 1. The summed E-state index contributed by atoms with van der Waals surface area (Å²) in [4.78, 5) is 0. The third-order valence-corrected chi connectivity index (χ3v) is 3.95. The molecular formula is C15H18N2O.